The van der Waals surface area contributed by atoms with Crippen molar-refractivity contribution in [3.63, 3.8) is 0 Å². The molecule has 8 heteroatoms. The van der Waals surface area contributed by atoms with Crippen molar-refractivity contribution in [3.05, 3.63) is 63.2 Å². The lowest BCUT2D eigenvalue weighted by molar-refractivity contribution is -0.131. The molecule has 0 amide bonds. The Kier molecular flexibility index (Phi) is 5.64. The van der Waals surface area contributed by atoms with Gasteiger partial charge in [-0.25, -0.2) is 9.18 Å². The number of carbonyl (C=O) groups is 1. The Bertz CT molecular complexity index is 933. The van der Waals surface area contributed by atoms with Gasteiger partial charge in [0.2, 0.25) is 0 Å². The van der Waals surface area contributed by atoms with Gasteiger partial charge < -0.3 is 14.7 Å². The molecule has 4 nitrogen and oxygen atoms in total. The van der Waals surface area contributed by atoms with Crippen molar-refractivity contribution in [1.29, 1.82) is 0 Å². The molecule has 0 atom stereocenters. The molecule has 1 heterocycles. The molecule has 0 spiro atoms. The first-order valence-corrected chi connectivity index (χ1v) is 9.47. The Morgan fingerprint density at radius 3 is 2.81 bits per heavy atom. The molecule has 2 aromatic carbocycles. The largest absolute Gasteiger partial charge is 0.497 e. The van der Waals surface area contributed by atoms with Gasteiger partial charge in [-0.3, -0.25) is 0 Å². The average Bonchev–Trinajstić information content (AvgIpc) is 2.59. The summed E-state index contributed by atoms with van der Waals surface area (Å²) in [5.41, 5.74) is 1.24. The molecule has 0 unspecified atom stereocenters. The van der Waals surface area contributed by atoms with Crippen LogP contribution in [0.4, 0.5) is 10.1 Å². The number of methoxy groups -OCH3 is 1. The van der Waals surface area contributed by atoms with Crippen molar-refractivity contribution in [2.75, 3.05) is 12.0 Å². The standard InChI is InChI=1S/C18H13BrFNO3S2/c1-24-12-4-5-14-15(7-12)26-16(8-17(22)23)18(25)21(14)9-10-2-3-11(19)6-13(10)20/h2-8H,9H2,1H3,(H,22,23). The van der Waals surface area contributed by atoms with Crippen LogP contribution < -0.4 is 9.64 Å². The van der Waals surface area contributed by atoms with Crippen molar-refractivity contribution >= 4 is 56.6 Å². The molecular weight excluding hydrogens is 441 g/mol. The quantitative estimate of drug-likeness (QED) is 0.518. The van der Waals surface area contributed by atoms with E-state index in [1.807, 2.05) is 12.1 Å². The molecule has 0 radical (unpaired) electrons. The van der Waals surface area contributed by atoms with Crippen LogP contribution in [0.2, 0.25) is 0 Å². The van der Waals surface area contributed by atoms with Gasteiger partial charge in [0.1, 0.15) is 16.6 Å². The molecule has 0 bridgehead atoms. The molecule has 134 valence electrons. The Labute approximate surface area is 167 Å². The van der Waals surface area contributed by atoms with Crippen LogP contribution in [-0.4, -0.2) is 23.2 Å². The van der Waals surface area contributed by atoms with Gasteiger partial charge >= 0.3 is 5.97 Å². The molecule has 2 aromatic rings. The predicted octanol–water partition coefficient (Wildman–Crippen LogP) is 5.01. The number of benzene rings is 2. The summed E-state index contributed by atoms with van der Waals surface area (Å²) in [4.78, 5) is 14.4. The van der Waals surface area contributed by atoms with E-state index in [1.54, 1.807) is 30.2 Å². The number of hydrogen-bond acceptors (Lipinski definition) is 4. The highest BCUT2D eigenvalue weighted by atomic mass is 79.9. The van der Waals surface area contributed by atoms with E-state index in [0.29, 0.717) is 25.7 Å². The number of carboxylic acids is 1. The topological polar surface area (TPSA) is 49.8 Å². The van der Waals surface area contributed by atoms with E-state index in [-0.39, 0.29) is 12.4 Å². The van der Waals surface area contributed by atoms with Crippen LogP contribution in [0, 0.1) is 5.82 Å². The van der Waals surface area contributed by atoms with E-state index in [4.69, 9.17) is 22.1 Å². The second-order valence-electron chi connectivity index (χ2n) is 5.41. The van der Waals surface area contributed by atoms with Gasteiger partial charge in [0.25, 0.3) is 0 Å². The Morgan fingerprint density at radius 2 is 2.15 bits per heavy atom. The second-order valence-corrected chi connectivity index (χ2v) is 7.80. The second kappa shape index (κ2) is 7.77. The number of carboxylic acid groups (broad SMARTS) is 1. The SMILES string of the molecule is COc1ccc2c(c1)SC(=CC(=O)O)C(=S)N2Cc1ccc(Br)cc1F. The summed E-state index contributed by atoms with van der Waals surface area (Å²) >= 11 is 9.98. The third-order valence-electron chi connectivity index (χ3n) is 3.73. The fraction of sp³-hybridized carbons (Fsp3) is 0.111. The van der Waals surface area contributed by atoms with Crippen LogP contribution in [-0.2, 0) is 11.3 Å². The van der Waals surface area contributed by atoms with Gasteiger partial charge in [0.15, 0.2) is 0 Å². The Morgan fingerprint density at radius 1 is 1.38 bits per heavy atom. The minimum Gasteiger partial charge on any atom is -0.497 e. The molecule has 1 N–H and O–H groups in total. The molecular formula is C18H13BrFNO3S2. The summed E-state index contributed by atoms with van der Waals surface area (Å²) in [5, 5.41) is 9.13. The molecule has 1 aliphatic heterocycles. The minimum absolute atomic E-state index is 0.189. The van der Waals surface area contributed by atoms with Crippen LogP contribution in [0.1, 0.15) is 5.56 Å². The smallest absolute Gasteiger partial charge is 0.329 e. The molecule has 0 aliphatic carbocycles. The van der Waals surface area contributed by atoms with Gasteiger partial charge in [-0.05, 0) is 30.3 Å². The first-order chi connectivity index (χ1) is 12.4. The maximum Gasteiger partial charge on any atom is 0.329 e. The zero-order valence-corrected chi connectivity index (χ0v) is 16.8. The first kappa shape index (κ1) is 18.9. The molecule has 0 aromatic heterocycles. The van der Waals surface area contributed by atoms with E-state index in [1.165, 1.54) is 17.8 Å². The summed E-state index contributed by atoms with van der Waals surface area (Å²) in [6.07, 6.45) is 1.07. The van der Waals surface area contributed by atoms with Crippen LogP contribution in [0.15, 0.2) is 56.7 Å². The molecule has 0 saturated heterocycles. The number of thiocarbonyl (C=S) groups is 1. The molecule has 0 saturated carbocycles. The molecule has 26 heavy (non-hydrogen) atoms. The molecule has 0 fully saturated rings. The average molecular weight is 454 g/mol. The van der Waals surface area contributed by atoms with E-state index < -0.39 is 5.97 Å². The fourth-order valence-corrected chi connectivity index (χ4v) is 4.24. The van der Waals surface area contributed by atoms with Crippen molar-refractivity contribution in [3.8, 4) is 5.75 Å². The number of thioether (sulfide) groups is 1. The number of nitrogens with zero attached hydrogens (tertiary/aromatic N) is 1. The number of rotatable bonds is 4. The third-order valence-corrected chi connectivity index (χ3v) is 5.87. The maximum absolute atomic E-state index is 14.3. The Balaban J connectivity index is 2.06. The summed E-state index contributed by atoms with van der Waals surface area (Å²) in [6, 6.07) is 10.2. The van der Waals surface area contributed by atoms with E-state index in [9.17, 15) is 9.18 Å². The van der Waals surface area contributed by atoms with E-state index in [2.05, 4.69) is 15.9 Å². The number of halogens is 2. The van der Waals surface area contributed by atoms with Crippen LogP contribution in [0.3, 0.4) is 0 Å². The van der Waals surface area contributed by atoms with Gasteiger partial charge in [-0.15, -0.1) is 0 Å². The zero-order chi connectivity index (χ0) is 18.8. The van der Waals surface area contributed by atoms with Crippen LogP contribution in [0.25, 0.3) is 0 Å². The van der Waals surface area contributed by atoms with E-state index >= 15 is 0 Å². The number of aliphatic carboxylic acids is 1. The van der Waals surface area contributed by atoms with Crippen LogP contribution in [0.5, 0.6) is 5.75 Å². The van der Waals surface area contributed by atoms with E-state index in [0.717, 1.165) is 16.7 Å². The third kappa shape index (κ3) is 3.92. The monoisotopic (exact) mass is 453 g/mol. The lowest BCUT2D eigenvalue weighted by Gasteiger charge is -2.33. The summed E-state index contributed by atoms with van der Waals surface area (Å²) < 4.78 is 20.2. The highest BCUT2D eigenvalue weighted by Gasteiger charge is 2.28. The maximum atomic E-state index is 14.3. The van der Waals surface area contributed by atoms with Crippen LogP contribution >= 0.6 is 39.9 Å². The zero-order valence-electron chi connectivity index (χ0n) is 13.5. The first-order valence-electron chi connectivity index (χ1n) is 7.45. The highest BCUT2D eigenvalue weighted by molar-refractivity contribution is 9.10. The van der Waals surface area contributed by atoms with Crippen molar-refractivity contribution in [2.45, 2.75) is 11.4 Å². The van der Waals surface area contributed by atoms with Gasteiger partial charge in [-0.1, -0.05) is 46.0 Å². The molecule has 1 aliphatic rings. The number of anilines is 1. The minimum atomic E-state index is -1.09. The summed E-state index contributed by atoms with van der Waals surface area (Å²) in [6.45, 7) is 0.189. The number of ether oxygens (including phenoxy) is 1. The lowest BCUT2D eigenvalue weighted by Crippen LogP contribution is -2.33. The highest BCUT2D eigenvalue weighted by Crippen LogP contribution is 2.44. The van der Waals surface area contributed by atoms with Crippen molar-refractivity contribution < 1.29 is 19.0 Å². The Hall–Kier alpha value is -1.90. The lowest BCUT2D eigenvalue weighted by atomic mass is 10.1. The number of hydrogen-bond donors (Lipinski definition) is 1. The predicted molar refractivity (Wildman–Crippen MR) is 107 cm³/mol. The normalized spacial score (nSPS) is 15.1. The number of fused-ring (bicyclic) bond motifs is 1. The van der Waals surface area contributed by atoms with Gasteiger partial charge in [-0.2, -0.15) is 0 Å². The fourth-order valence-electron chi connectivity index (χ4n) is 2.51. The summed E-state index contributed by atoms with van der Waals surface area (Å²) in [7, 11) is 1.56. The summed E-state index contributed by atoms with van der Waals surface area (Å²) in [5.74, 6) is -0.802. The van der Waals surface area contributed by atoms with Crippen molar-refractivity contribution in [2.24, 2.45) is 0 Å². The van der Waals surface area contributed by atoms with Gasteiger partial charge in [0.05, 0.1) is 24.2 Å². The molecule has 3 rings (SSSR count). The van der Waals surface area contributed by atoms with Gasteiger partial charge in [0, 0.05) is 21.0 Å². The van der Waals surface area contributed by atoms with Crippen molar-refractivity contribution in [1.82, 2.24) is 0 Å².